The second kappa shape index (κ2) is 9.01. The largest absolute Gasteiger partial charge is 0.396 e. The molecule has 0 saturated heterocycles. The van der Waals surface area contributed by atoms with Crippen LogP contribution in [0.1, 0.15) is 39.5 Å². The molecule has 1 atom stereocenters. The maximum atomic E-state index is 8.51. The fourth-order valence-electron chi connectivity index (χ4n) is 0.895. The third-order valence-electron chi connectivity index (χ3n) is 2.05. The van der Waals surface area contributed by atoms with Crippen LogP contribution in [0, 0.1) is 5.92 Å². The van der Waals surface area contributed by atoms with Gasteiger partial charge in [-0.1, -0.05) is 20.3 Å². The Kier molecular flexibility index (Phi) is 8.95. The molecule has 12 heavy (non-hydrogen) atoms. The van der Waals surface area contributed by atoms with E-state index < -0.39 is 0 Å². The van der Waals surface area contributed by atoms with E-state index in [0.717, 1.165) is 32.5 Å². The number of aliphatic hydroxyl groups excluding tert-OH is 1. The summed E-state index contributed by atoms with van der Waals surface area (Å²) in [7, 11) is 0. The highest BCUT2D eigenvalue weighted by Gasteiger charge is 1.97. The van der Waals surface area contributed by atoms with Gasteiger partial charge in [0.25, 0.3) is 0 Å². The predicted octanol–water partition coefficient (Wildman–Crippen LogP) is 2.21. The molecule has 0 aromatic carbocycles. The summed E-state index contributed by atoms with van der Waals surface area (Å²) in [5, 5.41) is 8.51. The number of rotatable bonds is 8. The smallest absolute Gasteiger partial charge is 0.0491 e. The van der Waals surface area contributed by atoms with E-state index in [0.29, 0.717) is 12.5 Å². The van der Waals surface area contributed by atoms with Gasteiger partial charge in [0, 0.05) is 19.8 Å². The van der Waals surface area contributed by atoms with Gasteiger partial charge in [0.05, 0.1) is 0 Å². The van der Waals surface area contributed by atoms with Crippen molar-refractivity contribution >= 4 is 0 Å². The van der Waals surface area contributed by atoms with Crippen molar-refractivity contribution in [3.8, 4) is 0 Å². The lowest BCUT2D eigenvalue weighted by Crippen LogP contribution is -2.05. The summed E-state index contributed by atoms with van der Waals surface area (Å²) in [4.78, 5) is 0. The summed E-state index contributed by atoms with van der Waals surface area (Å²) in [5.74, 6) is 0.683. The van der Waals surface area contributed by atoms with Crippen molar-refractivity contribution in [2.45, 2.75) is 39.5 Å². The maximum absolute atomic E-state index is 8.51. The van der Waals surface area contributed by atoms with Crippen LogP contribution in [0.3, 0.4) is 0 Å². The molecule has 0 rings (SSSR count). The van der Waals surface area contributed by atoms with Crippen molar-refractivity contribution < 1.29 is 9.84 Å². The van der Waals surface area contributed by atoms with Gasteiger partial charge in [0.2, 0.25) is 0 Å². The van der Waals surface area contributed by atoms with Gasteiger partial charge in [-0.3, -0.25) is 0 Å². The topological polar surface area (TPSA) is 29.5 Å². The lowest BCUT2D eigenvalue weighted by atomic mass is 10.1. The molecule has 0 aliphatic carbocycles. The molecule has 1 unspecified atom stereocenters. The Labute approximate surface area is 75.9 Å². The second-order valence-corrected chi connectivity index (χ2v) is 3.37. The van der Waals surface area contributed by atoms with E-state index in [4.69, 9.17) is 9.84 Å². The third-order valence-corrected chi connectivity index (χ3v) is 2.05. The third kappa shape index (κ3) is 8.02. The molecule has 0 aromatic rings. The monoisotopic (exact) mass is 174 g/mol. The highest BCUT2D eigenvalue weighted by atomic mass is 16.5. The molecule has 2 heteroatoms. The first-order chi connectivity index (χ1) is 5.81. The zero-order valence-electron chi connectivity index (χ0n) is 8.38. The second-order valence-electron chi connectivity index (χ2n) is 3.37. The van der Waals surface area contributed by atoms with Crippen molar-refractivity contribution in [1.29, 1.82) is 0 Å². The van der Waals surface area contributed by atoms with Crippen LogP contribution in [0.2, 0.25) is 0 Å². The van der Waals surface area contributed by atoms with Gasteiger partial charge in [-0.25, -0.2) is 0 Å². The van der Waals surface area contributed by atoms with Crippen molar-refractivity contribution in [3.05, 3.63) is 0 Å². The first kappa shape index (κ1) is 11.9. The minimum absolute atomic E-state index is 0.311. The summed E-state index contributed by atoms with van der Waals surface area (Å²) in [6.45, 7) is 6.43. The van der Waals surface area contributed by atoms with Crippen molar-refractivity contribution in [2.24, 2.45) is 5.92 Å². The normalized spacial score (nSPS) is 13.2. The highest BCUT2D eigenvalue weighted by Crippen LogP contribution is 2.02. The molecule has 0 spiro atoms. The minimum Gasteiger partial charge on any atom is -0.396 e. The van der Waals surface area contributed by atoms with Gasteiger partial charge in [-0.2, -0.15) is 0 Å². The van der Waals surface area contributed by atoms with Crippen LogP contribution in [0.5, 0.6) is 0 Å². The Bertz CT molecular complexity index is 83.9. The zero-order valence-corrected chi connectivity index (χ0v) is 8.38. The van der Waals surface area contributed by atoms with Crippen LogP contribution in [-0.2, 0) is 4.74 Å². The Balaban J connectivity index is 2.90. The molecule has 2 nitrogen and oxygen atoms in total. The molecule has 0 fully saturated rings. The number of hydrogen-bond donors (Lipinski definition) is 1. The average Bonchev–Trinajstić information content (AvgIpc) is 2.10. The van der Waals surface area contributed by atoms with E-state index in [2.05, 4.69) is 13.8 Å². The molecule has 0 aliphatic rings. The Morgan fingerprint density at radius 2 is 2.00 bits per heavy atom. The van der Waals surface area contributed by atoms with Crippen LogP contribution in [-0.4, -0.2) is 24.9 Å². The lowest BCUT2D eigenvalue weighted by Gasteiger charge is -2.08. The van der Waals surface area contributed by atoms with E-state index in [1.807, 2.05) is 0 Å². The number of hydrogen-bond acceptors (Lipinski definition) is 2. The predicted molar refractivity (Wildman–Crippen MR) is 51.2 cm³/mol. The van der Waals surface area contributed by atoms with Crippen LogP contribution < -0.4 is 0 Å². The number of unbranched alkanes of at least 4 members (excludes halogenated alkanes) is 2. The Morgan fingerprint density at radius 1 is 1.25 bits per heavy atom. The van der Waals surface area contributed by atoms with E-state index in [1.54, 1.807) is 0 Å². The quantitative estimate of drug-likeness (QED) is 0.572. The molecule has 0 aliphatic heterocycles. The van der Waals surface area contributed by atoms with Gasteiger partial charge in [0.1, 0.15) is 0 Å². The molecule has 0 aromatic heterocycles. The molecule has 1 N–H and O–H groups in total. The Morgan fingerprint density at radius 3 is 2.58 bits per heavy atom. The van der Waals surface area contributed by atoms with Gasteiger partial charge >= 0.3 is 0 Å². The molecular weight excluding hydrogens is 152 g/mol. The summed E-state index contributed by atoms with van der Waals surface area (Å²) in [5.41, 5.74) is 0. The highest BCUT2D eigenvalue weighted by molar-refractivity contribution is 4.46. The van der Waals surface area contributed by atoms with E-state index in [1.165, 1.54) is 6.42 Å². The molecule has 0 radical (unpaired) electrons. The number of ether oxygens (including phenoxy) is 1. The van der Waals surface area contributed by atoms with Gasteiger partial charge in [0.15, 0.2) is 0 Å². The van der Waals surface area contributed by atoms with E-state index >= 15 is 0 Å². The van der Waals surface area contributed by atoms with Gasteiger partial charge in [-0.15, -0.1) is 0 Å². The van der Waals surface area contributed by atoms with Crippen LogP contribution in [0.4, 0.5) is 0 Å². The van der Waals surface area contributed by atoms with Crippen molar-refractivity contribution in [2.75, 3.05) is 19.8 Å². The lowest BCUT2D eigenvalue weighted by molar-refractivity contribution is 0.0991. The SMILES string of the molecule is CCC(C)COCCCCCO. The summed E-state index contributed by atoms with van der Waals surface area (Å²) in [6.07, 6.45) is 4.26. The summed E-state index contributed by atoms with van der Waals surface area (Å²) >= 11 is 0. The summed E-state index contributed by atoms with van der Waals surface area (Å²) < 4.78 is 5.45. The molecule has 0 saturated carbocycles. The maximum Gasteiger partial charge on any atom is 0.0491 e. The van der Waals surface area contributed by atoms with Crippen molar-refractivity contribution in [1.82, 2.24) is 0 Å². The van der Waals surface area contributed by atoms with Gasteiger partial charge in [-0.05, 0) is 25.2 Å². The van der Waals surface area contributed by atoms with Crippen LogP contribution >= 0.6 is 0 Å². The van der Waals surface area contributed by atoms with Crippen molar-refractivity contribution in [3.63, 3.8) is 0 Å². The Hall–Kier alpha value is -0.0800. The summed E-state index contributed by atoms with van der Waals surface area (Å²) in [6, 6.07) is 0. The fraction of sp³-hybridized carbons (Fsp3) is 1.00. The first-order valence-corrected chi connectivity index (χ1v) is 4.99. The van der Waals surface area contributed by atoms with E-state index in [-0.39, 0.29) is 0 Å². The molecular formula is C10H22O2. The fourth-order valence-corrected chi connectivity index (χ4v) is 0.895. The molecule has 74 valence electrons. The van der Waals surface area contributed by atoms with Crippen LogP contribution in [0.15, 0.2) is 0 Å². The molecule has 0 amide bonds. The molecule has 0 bridgehead atoms. The average molecular weight is 174 g/mol. The van der Waals surface area contributed by atoms with Crippen LogP contribution in [0.25, 0.3) is 0 Å². The minimum atomic E-state index is 0.311. The standard InChI is InChI=1S/C10H22O2/c1-3-10(2)9-12-8-6-4-5-7-11/h10-11H,3-9H2,1-2H3. The van der Waals surface area contributed by atoms with E-state index in [9.17, 15) is 0 Å². The number of aliphatic hydroxyl groups is 1. The zero-order chi connectivity index (χ0) is 9.23. The molecule has 0 heterocycles. The first-order valence-electron chi connectivity index (χ1n) is 4.99. The van der Waals surface area contributed by atoms with Gasteiger partial charge < -0.3 is 9.84 Å².